The molecule has 0 aliphatic rings. The van der Waals surface area contributed by atoms with Crippen LogP contribution in [0.4, 0.5) is 5.69 Å². The third-order valence-corrected chi connectivity index (χ3v) is 4.14. The van der Waals surface area contributed by atoms with Gasteiger partial charge in [-0.1, -0.05) is 43.6 Å². The Balaban J connectivity index is 2.03. The summed E-state index contributed by atoms with van der Waals surface area (Å²) in [6.07, 6.45) is 0. The lowest BCUT2D eigenvalue weighted by Crippen LogP contribution is -2.07. The minimum Gasteiger partial charge on any atom is -0.491 e. The first-order chi connectivity index (χ1) is 10.1. The van der Waals surface area contributed by atoms with Crippen LogP contribution >= 0.6 is 27.5 Å². The number of halogens is 2. The van der Waals surface area contributed by atoms with Crippen LogP contribution in [0.2, 0.25) is 5.02 Å². The van der Waals surface area contributed by atoms with Crippen molar-refractivity contribution < 1.29 is 4.74 Å². The van der Waals surface area contributed by atoms with Crippen molar-refractivity contribution >= 4 is 33.2 Å². The van der Waals surface area contributed by atoms with Gasteiger partial charge in [0.15, 0.2) is 0 Å². The van der Waals surface area contributed by atoms with Crippen LogP contribution in [0, 0.1) is 5.92 Å². The number of rotatable bonds is 6. The van der Waals surface area contributed by atoms with Crippen molar-refractivity contribution in [3.8, 4) is 5.75 Å². The van der Waals surface area contributed by atoms with Gasteiger partial charge in [0.1, 0.15) is 5.75 Å². The van der Waals surface area contributed by atoms with Crippen LogP contribution < -0.4 is 10.1 Å². The Bertz CT molecular complexity index is 601. The molecule has 0 aromatic heterocycles. The van der Waals surface area contributed by atoms with Crippen LogP contribution in [0.3, 0.4) is 0 Å². The Labute approximate surface area is 139 Å². The van der Waals surface area contributed by atoms with Gasteiger partial charge in [-0.2, -0.15) is 0 Å². The van der Waals surface area contributed by atoms with Gasteiger partial charge in [-0.15, -0.1) is 0 Å². The average molecular weight is 369 g/mol. The largest absolute Gasteiger partial charge is 0.491 e. The van der Waals surface area contributed by atoms with E-state index in [9.17, 15) is 0 Å². The SMILES string of the molecule is CC(C)COc1ccccc1NCc1ccc(Cl)c(Br)c1. The van der Waals surface area contributed by atoms with Crippen molar-refractivity contribution in [2.45, 2.75) is 20.4 Å². The Morgan fingerprint density at radius 3 is 2.67 bits per heavy atom. The van der Waals surface area contributed by atoms with Gasteiger partial charge in [0, 0.05) is 11.0 Å². The number of nitrogens with one attached hydrogen (secondary N) is 1. The molecule has 0 aliphatic heterocycles. The second-order valence-electron chi connectivity index (χ2n) is 5.30. The number of benzene rings is 2. The summed E-state index contributed by atoms with van der Waals surface area (Å²) < 4.78 is 6.75. The van der Waals surface area contributed by atoms with E-state index >= 15 is 0 Å². The first-order valence-corrected chi connectivity index (χ1v) is 8.13. The molecule has 0 saturated carbocycles. The molecule has 0 atom stereocenters. The molecule has 0 heterocycles. The standard InChI is InChI=1S/C17H19BrClNO/c1-12(2)11-21-17-6-4-3-5-16(17)20-10-13-7-8-15(19)14(18)9-13/h3-9,12,20H,10-11H2,1-2H3. The van der Waals surface area contributed by atoms with Gasteiger partial charge in [0.05, 0.1) is 17.3 Å². The number of para-hydroxylation sites is 2. The summed E-state index contributed by atoms with van der Waals surface area (Å²) in [5.41, 5.74) is 2.16. The highest BCUT2D eigenvalue weighted by atomic mass is 79.9. The van der Waals surface area contributed by atoms with Gasteiger partial charge in [0.2, 0.25) is 0 Å². The predicted octanol–water partition coefficient (Wildman–Crippen LogP) is 5.75. The van der Waals surface area contributed by atoms with Crippen LogP contribution in [0.25, 0.3) is 0 Å². The molecule has 2 nitrogen and oxygen atoms in total. The van der Waals surface area contributed by atoms with E-state index in [1.165, 1.54) is 0 Å². The molecule has 0 amide bonds. The highest BCUT2D eigenvalue weighted by Crippen LogP contribution is 2.26. The van der Waals surface area contributed by atoms with E-state index in [1.807, 2.05) is 42.5 Å². The Kier molecular flexibility index (Phi) is 5.95. The molecule has 0 radical (unpaired) electrons. The van der Waals surface area contributed by atoms with E-state index in [2.05, 4.69) is 35.1 Å². The molecule has 0 saturated heterocycles. The topological polar surface area (TPSA) is 21.3 Å². The highest BCUT2D eigenvalue weighted by Gasteiger charge is 2.05. The van der Waals surface area contributed by atoms with Crippen molar-refractivity contribution in [1.82, 2.24) is 0 Å². The zero-order valence-corrected chi connectivity index (χ0v) is 14.5. The number of hydrogen-bond acceptors (Lipinski definition) is 2. The molecule has 0 spiro atoms. The minimum atomic E-state index is 0.505. The Morgan fingerprint density at radius 1 is 1.19 bits per heavy atom. The summed E-state index contributed by atoms with van der Waals surface area (Å²) in [6.45, 7) is 5.71. The van der Waals surface area contributed by atoms with Gasteiger partial charge in [-0.3, -0.25) is 0 Å². The molecule has 0 bridgehead atoms. The fraction of sp³-hybridized carbons (Fsp3) is 0.294. The zero-order valence-electron chi connectivity index (χ0n) is 12.2. The summed E-state index contributed by atoms with van der Waals surface area (Å²) >= 11 is 9.45. The van der Waals surface area contributed by atoms with Crippen molar-refractivity contribution in [3.63, 3.8) is 0 Å². The lowest BCUT2D eigenvalue weighted by Gasteiger charge is -2.14. The molecular weight excluding hydrogens is 350 g/mol. The van der Waals surface area contributed by atoms with Crippen LogP contribution in [-0.2, 0) is 6.54 Å². The smallest absolute Gasteiger partial charge is 0.142 e. The Morgan fingerprint density at radius 2 is 1.95 bits per heavy atom. The quantitative estimate of drug-likeness (QED) is 0.701. The summed E-state index contributed by atoms with van der Waals surface area (Å²) in [4.78, 5) is 0. The van der Waals surface area contributed by atoms with Crippen LogP contribution in [-0.4, -0.2) is 6.61 Å². The third kappa shape index (κ3) is 4.94. The average Bonchev–Trinajstić information content (AvgIpc) is 2.47. The predicted molar refractivity (Wildman–Crippen MR) is 93.3 cm³/mol. The van der Waals surface area contributed by atoms with E-state index in [-0.39, 0.29) is 0 Å². The number of anilines is 1. The second-order valence-corrected chi connectivity index (χ2v) is 6.56. The van der Waals surface area contributed by atoms with Crippen molar-refractivity contribution in [1.29, 1.82) is 0 Å². The molecule has 2 aromatic carbocycles. The number of hydrogen-bond donors (Lipinski definition) is 1. The summed E-state index contributed by atoms with van der Waals surface area (Å²) in [6, 6.07) is 13.9. The first-order valence-electron chi connectivity index (χ1n) is 6.96. The van der Waals surface area contributed by atoms with Gasteiger partial charge < -0.3 is 10.1 Å². The van der Waals surface area contributed by atoms with E-state index < -0.39 is 0 Å². The second kappa shape index (κ2) is 7.71. The van der Waals surface area contributed by atoms with Gasteiger partial charge in [0.25, 0.3) is 0 Å². The number of ether oxygens (including phenoxy) is 1. The Hall–Kier alpha value is -1.19. The third-order valence-electron chi connectivity index (χ3n) is 2.93. The van der Waals surface area contributed by atoms with Crippen molar-refractivity contribution in [3.05, 3.63) is 57.5 Å². The maximum Gasteiger partial charge on any atom is 0.142 e. The van der Waals surface area contributed by atoms with Crippen LogP contribution in [0.15, 0.2) is 46.9 Å². The van der Waals surface area contributed by atoms with Gasteiger partial charge in [-0.25, -0.2) is 0 Å². The molecule has 0 unspecified atom stereocenters. The van der Waals surface area contributed by atoms with E-state index in [0.29, 0.717) is 12.5 Å². The van der Waals surface area contributed by atoms with Crippen molar-refractivity contribution in [2.75, 3.05) is 11.9 Å². The lowest BCUT2D eigenvalue weighted by molar-refractivity contribution is 0.272. The monoisotopic (exact) mass is 367 g/mol. The van der Waals surface area contributed by atoms with E-state index in [4.69, 9.17) is 16.3 Å². The molecule has 21 heavy (non-hydrogen) atoms. The molecule has 112 valence electrons. The van der Waals surface area contributed by atoms with Gasteiger partial charge in [-0.05, 0) is 51.7 Å². The maximum absolute atomic E-state index is 6.01. The molecule has 2 aromatic rings. The fourth-order valence-corrected chi connectivity index (χ4v) is 2.39. The van der Waals surface area contributed by atoms with E-state index in [1.54, 1.807) is 0 Å². The summed E-state index contributed by atoms with van der Waals surface area (Å²) in [5, 5.41) is 4.13. The van der Waals surface area contributed by atoms with Crippen molar-refractivity contribution in [2.24, 2.45) is 5.92 Å². The molecule has 0 fully saturated rings. The fourth-order valence-electron chi connectivity index (χ4n) is 1.84. The highest BCUT2D eigenvalue weighted by molar-refractivity contribution is 9.10. The molecular formula is C17H19BrClNO. The summed E-state index contributed by atoms with van der Waals surface area (Å²) in [7, 11) is 0. The molecule has 4 heteroatoms. The molecule has 0 aliphatic carbocycles. The lowest BCUT2D eigenvalue weighted by atomic mass is 10.2. The van der Waals surface area contributed by atoms with Crippen LogP contribution in [0.1, 0.15) is 19.4 Å². The summed E-state index contributed by atoms with van der Waals surface area (Å²) in [5.74, 6) is 1.39. The first kappa shape index (κ1) is 16.2. The molecule has 1 N–H and O–H groups in total. The van der Waals surface area contributed by atoms with Gasteiger partial charge >= 0.3 is 0 Å². The van der Waals surface area contributed by atoms with E-state index in [0.717, 1.165) is 33.0 Å². The molecule has 2 rings (SSSR count). The minimum absolute atomic E-state index is 0.505. The normalized spacial score (nSPS) is 10.7. The maximum atomic E-state index is 6.01. The zero-order chi connectivity index (χ0) is 15.2. The van der Waals surface area contributed by atoms with Crippen LogP contribution in [0.5, 0.6) is 5.75 Å².